The summed E-state index contributed by atoms with van der Waals surface area (Å²) in [5.74, 6) is 0.252. The molecule has 0 saturated carbocycles. The predicted molar refractivity (Wildman–Crippen MR) is 130 cm³/mol. The van der Waals surface area contributed by atoms with Crippen LogP contribution in [0, 0.1) is 6.92 Å². The third-order valence-corrected chi connectivity index (χ3v) is 6.82. The first-order chi connectivity index (χ1) is 17.8. The molecule has 11 heteroatoms. The topological polar surface area (TPSA) is 142 Å². The molecule has 2 unspecified atom stereocenters. The Morgan fingerprint density at radius 1 is 1.08 bits per heavy atom. The van der Waals surface area contributed by atoms with Crippen LogP contribution in [0.25, 0.3) is 0 Å². The van der Waals surface area contributed by atoms with Gasteiger partial charge in [0.25, 0.3) is 0 Å². The van der Waals surface area contributed by atoms with E-state index < -0.39 is 43.5 Å². The van der Waals surface area contributed by atoms with Gasteiger partial charge >= 0.3 is 6.16 Å². The molecule has 1 aromatic carbocycles. The van der Waals surface area contributed by atoms with Crippen molar-refractivity contribution in [2.24, 2.45) is 0 Å². The normalized spacial score (nSPS) is 27.7. The zero-order valence-electron chi connectivity index (χ0n) is 21.4. The first kappa shape index (κ1) is 27.3. The van der Waals surface area contributed by atoms with Gasteiger partial charge in [0.05, 0.1) is 19.3 Å². The van der Waals surface area contributed by atoms with Crippen molar-refractivity contribution in [1.29, 1.82) is 0 Å². The molecule has 2 fully saturated rings. The van der Waals surface area contributed by atoms with Crippen LogP contribution in [0.4, 0.5) is 4.79 Å². The van der Waals surface area contributed by atoms with Crippen molar-refractivity contribution in [1.82, 2.24) is 9.78 Å². The van der Waals surface area contributed by atoms with E-state index >= 15 is 0 Å². The molecule has 1 aromatic heterocycles. The van der Waals surface area contributed by atoms with Crippen LogP contribution in [0.3, 0.4) is 0 Å². The van der Waals surface area contributed by atoms with Gasteiger partial charge in [0.15, 0.2) is 0 Å². The summed E-state index contributed by atoms with van der Waals surface area (Å²) >= 11 is 0. The smallest absolute Gasteiger partial charge is 0.443 e. The van der Waals surface area contributed by atoms with E-state index in [9.17, 15) is 20.1 Å². The molecule has 2 saturated heterocycles. The molecule has 2 aliphatic rings. The van der Waals surface area contributed by atoms with Gasteiger partial charge in [-0.25, -0.2) is 4.79 Å². The van der Waals surface area contributed by atoms with E-state index in [1.807, 2.05) is 11.6 Å². The first-order valence-electron chi connectivity index (χ1n) is 12.7. The van der Waals surface area contributed by atoms with Crippen molar-refractivity contribution in [2.45, 2.75) is 76.8 Å². The van der Waals surface area contributed by atoms with Gasteiger partial charge in [-0.05, 0) is 37.8 Å². The van der Waals surface area contributed by atoms with E-state index in [-0.39, 0.29) is 18.5 Å². The monoisotopic (exact) mass is 520 g/mol. The summed E-state index contributed by atoms with van der Waals surface area (Å²) in [6.07, 6.45) is -5.81. The highest BCUT2D eigenvalue weighted by molar-refractivity contribution is 5.59. The van der Waals surface area contributed by atoms with Crippen molar-refractivity contribution < 1.29 is 43.8 Å². The number of rotatable bonds is 9. The summed E-state index contributed by atoms with van der Waals surface area (Å²) in [6, 6.07) is 8.34. The molecule has 0 aliphatic carbocycles. The van der Waals surface area contributed by atoms with Crippen LogP contribution in [-0.4, -0.2) is 88.4 Å². The van der Waals surface area contributed by atoms with Crippen LogP contribution in [0.1, 0.15) is 48.7 Å². The number of nitrogens with zero attached hydrogens (tertiary/aromatic N) is 2. The summed E-state index contributed by atoms with van der Waals surface area (Å²) in [6.45, 7) is 6.60. The Labute approximate surface area is 215 Å². The summed E-state index contributed by atoms with van der Waals surface area (Å²) in [5.41, 5.74) is 4.01. The molecule has 3 heterocycles. The molecular weight excluding hydrogens is 484 g/mol. The second kappa shape index (κ2) is 12.2. The Morgan fingerprint density at radius 3 is 2.46 bits per heavy atom. The van der Waals surface area contributed by atoms with Crippen LogP contribution in [0.5, 0.6) is 5.88 Å². The maximum atomic E-state index is 11.6. The van der Waals surface area contributed by atoms with Crippen LogP contribution in [0.2, 0.25) is 0 Å². The van der Waals surface area contributed by atoms with Gasteiger partial charge in [-0.15, -0.1) is 5.10 Å². The Balaban J connectivity index is 1.57. The van der Waals surface area contributed by atoms with E-state index in [0.717, 1.165) is 29.7 Å². The average molecular weight is 521 g/mol. The first-order valence-corrected chi connectivity index (χ1v) is 12.7. The molecule has 0 spiro atoms. The Bertz CT molecular complexity index is 1040. The minimum absolute atomic E-state index is 0.0499. The van der Waals surface area contributed by atoms with Gasteiger partial charge in [0, 0.05) is 24.3 Å². The quantitative estimate of drug-likeness (QED) is 0.418. The number of aromatic nitrogens is 2. The second-order valence-corrected chi connectivity index (χ2v) is 9.30. The van der Waals surface area contributed by atoms with E-state index in [0.29, 0.717) is 19.6 Å². The lowest BCUT2D eigenvalue weighted by molar-refractivity contribution is -0.278. The minimum atomic E-state index is -1.59. The van der Waals surface area contributed by atoms with Crippen LogP contribution < -0.4 is 4.74 Å². The molecule has 4 rings (SSSR count). The van der Waals surface area contributed by atoms with Gasteiger partial charge in [-0.2, -0.15) is 0 Å². The zero-order valence-corrected chi connectivity index (χ0v) is 21.4. The number of ether oxygens (including phenoxy) is 5. The Kier molecular flexibility index (Phi) is 9.04. The Hall–Kier alpha value is -2.70. The SMILES string of the molecule is CCOC(=O)OC[C@H]1OC(Oc2nn(C3CCOC3)c(C)c2Cc2ccc(CC)cc2)[C@H](O)[C@@H](O)[C@@H]1O. The van der Waals surface area contributed by atoms with E-state index in [4.69, 9.17) is 28.8 Å². The maximum absolute atomic E-state index is 11.6. The molecule has 6 atom stereocenters. The molecule has 2 aromatic rings. The summed E-state index contributed by atoms with van der Waals surface area (Å²) < 4.78 is 28.9. The predicted octanol–water partition coefficient (Wildman–Crippen LogP) is 1.67. The zero-order chi connectivity index (χ0) is 26.5. The van der Waals surface area contributed by atoms with E-state index in [1.165, 1.54) is 5.56 Å². The molecule has 0 amide bonds. The van der Waals surface area contributed by atoms with Gasteiger partial charge < -0.3 is 39.0 Å². The molecule has 37 heavy (non-hydrogen) atoms. The van der Waals surface area contributed by atoms with E-state index in [1.54, 1.807) is 6.92 Å². The molecule has 0 radical (unpaired) electrons. The molecule has 3 N–H and O–H groups in total. The summed E-state index contributed by atoms with van der Waals surface area (Å²) in [4.78, 5) is 11.6. The minimum Gasteiger partial charge on any atom is -0.443 e. The van der Waals surface area contributed by atoms with Crippen molar-refractivity contribution in [3.05, 3.63) is 46.6 Å². The third-order valence-electron chi connectivity index (χ3n) is 6.82. The second-order valence-electron chi connectivity index (χ2n) is 9.30. The molecule has 0 bridgehead atoms. The lowest BCUT2D eigenvalue weighted by atomic mass is 9.99. The third kappa shape index (κ3) is 6.24. The summed E-state index contributed by atoms with van der Waals surface area (Å²) in [5, 5.41) is 36.1. The van der Waals surface area contributed by atoms with Crippen molar-refractivity contribution >= 4 is 6.16 Å². The fourth-order valence-corrected chi connectivity index (χ4v) is 4.56. The lowest BCUT2D eigenvalue weighted by Gasteiger charge is -2.39. The Morgan fingerprint density at radius 2 is 1.81 bits per heavy atom. The highest BCUT2D eigenvalue weighted by atomic mass is 16.7. The fraction of sp³-hybridized carbons (Fsp3) is 0.615. The standard InChI is InChI=1S/C26H36N2O9/c1-4-16-6-8-17(9-7-16)12-19-15(3)28(18-10-11-33-13-18)27-24(19)37-25-23(31)22(30)21(29)20(36-25)14-35-26(32)34-5-2/h6-9,18,20-23,25,29-31H,4-5,10-14H2,1-3H3/t18?,20-,21-,22+,23-,25?/m1/s1. The number of hydrogen-bond donors (Lipinski definition) is 3. The summed E-state index contributed by atoms with van der Waals surface area (Å²) in [7, 11) is 0. The van der Waals surface area contributed by atoms with Crippen molar-refractivity contribution in [3.8, 4) is 5.88 Å². The number of aliphatic hydroxyl groups excluding tert-OH is 3. The average Bonchev–Trinajstić information content (AvgIpc) is 3.53. The van der Waals surface area contributed by atoms with E-state index in [2.05, 4.69) is 31.2 Å². The number of aliphatic hydroxyl groups is 3. The van der Waals surface area contributed by atoms with Gasteiger partial charge in [-0.3, -0.25) is 4.68 Å². The molecule has 11 nitrogen and oxygen atoms in total. The number of hydrogen-bond acceptors (Lipinski definition) is 10. The van der Waals surface area contributed by atoms with Crippen LogP contribution >= 0.6 is 0 Å². The van der Waals surface area contributed by atoms with Gasteiger partial charge in [0.2, 0.25) is 12.2 Å². The highest BCUT2D eigenvalue weighted by Gasteiger charge is 2.46. The number of benzene rings is 1. The van der Waals surface area contributed by atoms with Crippen LogP contribution in [0.15, 0.2) is 24.3 Å². The number of aryl methyl sites for hydroxylation is 1. The van der Waals surface area contributed by atoms with Crippen molar-refractivity contribution in [2.75, 3.05) is 26.4 Å². The number of carbonyl (C=O) groups excluding carboxylic acids is 1. The number of carbonyl (C=O) groups is 1. The highest BCUT2D eigenvalue weighted by Crippen LogP contribution is 2.32. The molecule has 204 valence electrons. The molecule has 2 aliphatic heterocycles. The van der Waals surface area contributed by atoms with Crippen molar-refractivity contribution in [3.63, 3.8) is 0 Å². The van der Waals surface area contributed by atoms with Crippen LogP contribution in [-0.2, 0) is 31.8 Å². The lowest BCUT2D eigenvalue weighted by Crippen LogP contribution is -2.60. The van der Waals surface area contributed by atoms with Gasteiger partial charge in [0.1, 0.15) is 31.0 Å². The maximum Gasteiger partial charge on any atom is 0.508 e. The van der Waals surface area contributed by atoms with Gasteiger partial charge in [-0.1, -0.05) is 31.2 Å². The molecular formula is C26H36N2O9. The fourth-order valence-electron chi connectivity index (χ4n) is 4.56. The largest absolute Gasteiger partial charge is 0.508 e.